The van der Waals surface area contributed by atoms with Crippen molar-refractivity contribution in [2.24, 2.45) is 0 Å². The van der Waals surface area contributed by atoms with Crippen molar-refractivity contribution in [3.05, 3.63) is 34.6 Å². The average molecular weight is 226 g/mol. The van der Waals surface area contributed by atoms with Crippen molar-refractivity contribution in [3.8, 4) is 11.3 Å². The van der Waals surface area contributed by atoms with Crippen LogP contribution in [0, 0.1) is 12.7 Å². The summed E-state index contributed by atoms with van der Waals surface area (Å²) in [7, 11) is 0. The maximum absolute atomic E-state index is 13.7. The second kappa shape index (κ2) is 3.55. The van der Waals surface area contributed by atoms with Crippen molar-refractivity contribution in [1.82, 2.24) is 10.2 Å². The van der Waals surface area contributed by atoms with Gasteiger partial charge in [-0.1, -0.05) is 11.6 Å². The number of aryl methyl sites for hydroxylation is 1. The number of anilines is 1. The number of aromatic amines is 1. The Hall–Kier alpha value is -1.55. The molecule has 0 bridgehead atoms. The molecule has 0 spiro atoms. The second-order valence-electron chi connectivity index (χ2n) is 3.31. The van der Waals surface area contributed by atoms with Crippen molar-refractivity contribution in [1.29, 1.82) is 0 Å². The molecule has 1 aromatic heterocycles. The van der Waals surface area contributed by atoms with E-state index in [9.17, 15) is 4.39 Å². The van der Waals surface area contributed by atoms with E-state index in [0.717, 1.165) is 5.56 Å². The molecular weight excluding hydrogens is 217 g/mol. The van der Waals surface area contributed by atoms with E-state index < -0.39 is 5.82 Å². The molecule has 3 N–H and O–H groups in total. The smallest absolute Gasteiger partial charge is 0.151 e. The molecule has 0 aliphatic rings. The average Bonchev–Trinajstić information content (AvgIpc) is 2.58. The first-order chi connectivity index (χ1) is 7.08. The first kappa shape index (κ1) is 9.98. The van der Waals surface area contributed by atoms with Crippen LogP contribution in [0.4, 0.5) is 10.2 Å². The summed E-state index contributed by atoms with van der Waals surface area (Å²) in [6.45, 7) is 1.84. The van der Waals surface area contributed by atoms with E-state index in [-0.39, 0.29) is 5.02 Å². The van der Waals surface area contributed by atoms with E-state index in [0.29, 0.717) is 17.1 Å². The standard InChI is InChI=1S/C10H9ClFN3/c1-5-2-6(10(12)7(11)3-5)8-4-9(13)15-14-8/h2-4H,1H3,(H3,13,14,15). The molecule has 0 unspecified atom stereocenters. The fourth-order valence-electron chi connectivity index (χ4n) is 1.40. The Morgan fingerprint density at radius 3 is 2.73 bits per heavy atom. The summed E-state index contributed by atoms with van der Waals surface area (Å²) in [5.74, 6) is -0.145. The Labute approximate surface area is 91.1 Å². The molecule has 78 valence electrons. The normalized spacial score (nSPS) is 10.6. The molecule has 15 heavy (non-hydrogen) atoms. The minimum Gasteiger partial charge on any atom is -0.382 e. The van der Waals surface area contributed by atoms with Gasteiger partial charge in [-0.3, -0.25) is 5.10 Å². The van der Waals surface area contributed by atoms with Crippen LogP contribution in [0.15, 0.2) is 18.2 Å². The van der Waals surface area contributed by atoms with Gasteiger partial charge in [0, 0.05) is 11.6 Å². The van der Waals surface area contributed by atoms with Gasteiger partial charge < -0.3 is 5.73 Å². The van der Waals surface area contributed by atoms with Gasteiger partial charge in [0.05, 0.1) is 10.7 Å². The molecule has 0 aliphatic carbocycles. The first-order valence-corrected chi connectivity index (χ1v) is 4.72. The van der Waals surface area contributed by atoms with Gasteiger partial charge in [0.25, 0.3) is 0 Å². The summed E-state index contributed by atoms with van der Waals surface area (Å²) < 4.78 is 13.7. The number of nitrogens with two attached hydrogens (primary N) is 1. The lowest BCUT2D eigenvalue weighted by Crippen LogP contribution is -1.88. The van der Waals surface area contributed by atoms with Gasteiger partial charge in [0.1, 0.15) is 5.82 Å². The predicted molar refractivity (Wildman–Crippen MR) is 58.1 cm³/mol. The number of hydrogen-bond donors (Lipinski definition) is 2. The summed E-state index contributed by atoms with van der Waals surface area (Å²) in [6, 6.07) is 4.82. The fourth-order valence-corrected chi connectivity index (χ4v) is 1.67. The van der Waals surface area contributed by atoms with Gasteiger partial charge in [0.15, 0.2) is 5.82 Å². The van der Waals surface area contributed by atoms with Crippen molar-refractivity contribution in [2.75, 3.05) is 5.73 Å². The summed E-state index contributed by atoms with van der Waals surface area (Å²) in [6.07, 6.45) is 0. The number of benzene rings is 1. The van der Waals surface area contributed by atoms with Gasteiger partial charge in [-0.2, -0.15) is 5.10 Å². The van der Waals surface area contributed by atoms with Crippen molar-refractivity contribution in [2.45, 2.75) is 6.92 Å². The van der Waals surface area contributed by atoms with Crippen LogP contribution in [-0.2, 0) is 0 Å². The lowest BCUT2D eigenvalue weighted by atomic mass is 10.1. The number of nitrogen functional groups attached to an aromatic ring is 1. The Morgan fingerprint density at radius 1 is 1.40 bits per heavy atom. The van der Waals surface area contributed by atoms with Crippen molar-refractivity contribution in [3.63, 3.8) is 0 Å². The quantitative estimate of drug-likeness (QED) is 0.784. The first-order valence-electron chi connectivity index (χ1n) is 4.35. The van der Waals surface area contributed by atoms with Crippen LogP contribution in [0.1, 0.15) is 5.56 Å². The summed E-state index contributed by atoms with van der Waals surface area (Å²) >= 11 is 5.74. The number of halogens is 2. The number of nitrogens with zero attached hydrogens (tertiary/aromatic N) is 1. The molecule has 0 saturated heterocycles. The zero-order chi connectivity index (χ0) is 11.0. The van der Waals surface area contributed by atoms with Crippen molar-refractivity contribution >= 4 is 17.4 Å². The summed E-state index contributed by atoms with van der Waals surface area (Å²) in [4.78, 5) is 0. The Bertz CT molecular complexity index is 507. The van der Waals surface area contributed by atoms with Crippen LogP contribution < -0.4 is 5.73 Å². The zero-order valence-corrected chi connectivity index (χ0v) is 8.77. The van der Waals surface area contributed by atoms with E-state index in [2.05, 4.69) is 10.2 Å². The highest BCUT2D eigenvalue weighted by molar-refractivity contribution is 6.31. The SMILES string of the molecule is Cc1cc(Cl)c(F)c(-c2cc(N)n[nH]2)c1. The molecular formula is C10H9ClFN3. The highest BCUT2D eigenvalue weighted by atomic mass is 35.5. The molecule has 0 atom stereocenters. The van der Waals surface area contributed by atoms with E-state index in [1.165, 1.54) is 0 Å². The number of aromatic nitrogens is 2. The third kappa shape index (κ3) is 1.80. The lowest BCUT2D eigenvalue weighted by Gasteiger charge is -2.03. The van der Waals surface area contributed by atoms with Gasteiger partial charge in [-0.25, -0.2) is 4.39 Å². The van der Waals surface area contributed by atoms with E-state index >= 15 is 0 Å². The molecule has 3 nitrogen and oxygen atoms in total. The minimum absolute atomic E-state index is 0.0955. The zero-order valence-electron chi connectivity index (χ0n) is 8.01. The molecule has 0 radical (unpaired) electrons. The Morgan fingerprint density at radius 2 is 2.13 bits per heavy atom. The molecule has 0 saturated carbocycles. The number of nitrogens with one attached hydrogen (secondary N) is 1. The molecule has 1 heterocycles. The van der Waals surface area contributed by atoms with Crippen LogP contribution in [-0.4, -0.2) is 10.2 Å². The van der Waals surface area contributed by atoms with Crippen molar-refractivity contribution < 1.29 is 4.39 Å². The van der Waals surface area contributed by atoms with Gasteiger partial charge in [0.2, 0.25) is 0 Å². The Balaban J connectivity index is 2.62. The third-order valence-corrected chi connectivity index (χ3v) is 2.34. The van der Waals surface area contributed by atoms with Crippen LogP contribution in [0.5, 0.6) is 0 Å². The highest BCUT2D eigenvalue weighted by Crippen LogP contribution is 2.28. The topological polar surface area (TPSA) is 54.7 Å². The molecule has 5 heteroatoms. The maximum Gasteiger partial charge on any atom is 0.151 e. The molecule has 1 aromatic carbocycles. The second-order valence-corrected chi connectivity index (χ2v) is 3.72. The highest BCUT2D eigenvalue weighted by Gasteiger charge is 2.11. The molecule has 0 fully saturated rings. The minimum atomic E-state index is -0.467. The fraction of sp³-hybridized carbons (Fsp3) is 0.100. The predicted octanol–water partition coefficient (Wildman–Crippen LogP) is 2.76. The molecule has 0 amide bonds. The van der Waals surface area contributed by atoms with Gasteiger partial charge in [-0.05, 0) is 24.6 Å². The molecule has 0 aliphatic heterocycles. The monoisotopic (exact) mass is 225 g/mol. The van der Waals surface area contributed by atoms with E-state index in [4.69, 9.17) is 17.3 Å². The Kier molecular flexibility index (Phi) is 2.36. The maximum atomic E-state index is 13.7. The number of rotatable bonds is 1. The summed E-state index contributed by atoms with van der Waals surface area (Å²) in [5, 5.41) is 6.48. The molecule has 2 rings (SSSR count). The van der Waals surface area contributed by atoms with Crippen LogP contribution in [0.25, 0.3) is 11.3 Å². The lowest BCUT2D eigenvalue weighted by molar-refractivity contribution is 0.630. The number of hydrogen-bond acceptors (Lipinski definition) is 2. The van der Waals surface area contributed by atoms with E-state index in [1.807, 2.05) is 6.92 Å². The molecule has 2 aromatic rings. The van der Waals surface area contributed by atoms with Gasteiger partial charge >= 0.3 is 0 Å². The third-order valence-electron chi connectivity index (χ3n) is 2.06. The number of H-pyrrole nitrogens is 1. The van der Waals surface area contributed by atoms with E-state index in [1.54, 1.807) is 18.2 Å². The van der Waals surface area contributed by atoms with Crippen LogP contribution >= 0.6 is 11.6 Å². The van der Waals surface area contributed by atoms with Crippen LogP contribution in [0.3, 0.4) is 0 Å². The van der Waals surface area contributed by atoms with Crippen LogP contribution in [0.2, 0.25) is 5.02 Å². The van der Waals surface area contributed by atoms with Gasteiger partial charge in [-0.15, -0.1) is 0 Å². The largest absolute Gasteiger partial charge is 0.382 e. The summed E-state index contributed by atoms with van der Waals surface area (Å²) in [5.41, 5.74) is 7.23.